The Hall–Kier alpha value is -1.84. The zero-order valence-electron chi connectivity index (χ0n) is 15.0. The molecule has 1 N–H and O–H groups in total. The molecule has 4 nitrogen and oxygen atoms in total. The second kappa shape index (κ2) is 9.45. The molecule has 1 fully saturated rings. The first kappa shape index (κ1) is 18.5. The van der Waals surface area contributed by atoms with Gasteiger partial charge in [0.15, 0.2) is 0 Å². The normalized spacial score (nSPS) is 16.0. The Morgan fingerprint density at radius 1 is 1.08 bits per heavy atom. The fraction of sp³-hybridized carbons (Fsp3) is 0.600. The number of benzene rings is 1. The molecule has 1 heterocycles. The largest absolute Gasteiger partial charge is 0.344 e. The summed E-state index contributed by atoms with van der Waals surface area (Å²) >= 11 is 0. The number of nitrogens with zero attached hydrogens (tertiary/aromatic N) is 1. The van der Waals surface area contributed by atoms with Crippen molar-refractivity contribution in [2.45, 2.75) is 58.4 Å². The molecule has 1 aliphatic rings. The average Bonchev–Trinajstić information content (AvgIpc) is 2.60. The molecular formula is C20H30N2O2. The highest BCUT2D eigenvalue weighted by Gasteiger charge is 2.27. The lowest BCUT2D eigenvalue weighted by molar-refractivity contribution is -0.137. The molecule has 1 aromatic rings. The standard InChI is InChI=1S/C20H30N2O2/c1-16(2)15-18(20(24)22-13-7-4-8-14-22)21-19(23)12-11-17-9-5-3-6-10-17/h3,5-6,9-10,16,18H,4,7-8,11-15H2,1-2H3,(H,21,23)/t18-/m0/s1. The third-order valence-electron chi connectivity index (χ3n) is 4.49. The van der Waals surface area contributed by atoms with Gasteiger partial charge in [0.2, 0.25) is 11.8 Å². The van der Waals surface area contributed by atoms with Gasteiger partial charge in [0.1, 0.15) is 6.04 Å². The van der Waals surface area contributed by atoms with Gasteiger partial charge in [0.05, 0.1) is 0 Å². The molecule has 1 atom stereocenters. The summed E-state index contributed by atoms with van der Waals surface area (Å²) < 4.78 is 0. The number of hydrogen-bond acceptors (Lipinski definition) is 2. The van der Waals surface area contributed by atoms with Gasteiger partial charge in [-0.1, -0.05) is 44.2 Å². The second-order valence-corrected chi connectivity index (χ2v) is 7.12. The van der Waals surface area contributed by atoms with Crippen molar-refractivity contribution in [3.05, 3.63) is 35.9 Å². The predicted molar refractivity (Wildman–Crippen MR) is 96.6 cm³/mol. The number of piperidine rings is 1. The Morgan fingerprint density at radius 3 is 2.38 bits per heavy atom. The molecule has 132 valence electrons. The van der Waals surface area contributed by atoms with Crippen LogP contribution in [0.4, 0.5) is 0 Å². The molecular weight excluding hydrogens is 300 g/mol. The molecule has 0 spiro atoms. The Kier molecular flexibility index (Phi) is 7.29. The van der Waals surface area contributed by atoms with Crippen LogP contribution in [0, 0.1) is 5.92 Å². The average molecular weight is 330 g/mol. The predicted octanol–water partition coefficient (Wildman–Crippen LogP) is 3.16. The van der Waals surface area contributed by atoms with E-state index >= 15 is 0 Å². The lowest BCUT2D eigenvalue weighted by Crippen LogP contribution is -2.50. The SMILES string of the molecule is CC(C)C[C@H](NC(=O)CCc1ccccc1)C(=O)N1CCCCC1. The van der Waals surface area contributed by atoms with Crippen molar-refractivity contribution >= 4 is 11.8 Å². The maximum Gasteiger partial charge on any atom is 0.245 e. The van der Waals surface area contributed by atoms with Gasteiger partial charge < -0.3 is 10.2 Å². The summed E-state index contributed by atoms with van der Waals surface area (Å²) in [5.74, 6) is 0.435. The fourth-order valence-electron chi connectivity index (χ4n) is 3.20. The summed E-state index contributed by atoms with van der Waals surface area (Å²) in [5.41, 5.74) is 1.15. The van der Waals surface area contributed by atoms with Crippen molar-refractivity contribution in [3.63, 3.8) is 0 Å². The van der Waals surface area contributed by atoms with Gasteiger partial charge in [-0.2, -0.15) is 0 Å². The number of likely N-dealkylation sites (tertiary alicyclic amines) is 1. The summed E-state index contributed by atoms with van der Waals surface area (Å²) in [6.07, 6.45) is 5.17. The van der Waals surface area contributed by atoms with Crippen LogP contribution in [0.1, 0.15) is 51.5 Å². The van der Waals surface area contributed by atoms with Gasteiger partial charge in [-0.3, -0.25) is 9.59 Å². The number of aryl methyl sites for hydroxylation is 1. The van der Waals surface area contributed by atoms with Crippen molar-refractivity contribution in [2.24, 2.45) is 5.92 Å². The molecule has 2 rings (SSSR count). The third kappa shape index (κ3) is 5.99. The van der Waals surface area contributed by atoms with Crippen molar-refractivity contribution in [3.8, 4) is 0 Å². The van der Waals surface area contributed by atoms with Gasteiger partial charge >= 0.3 is 0 Å². The second-order valence-electron chi connectivity index (χ2n) is 7.12. The molecule has 0 radical (unpaired) electrons. The van der Waals surface area contributed by atoms with Crippen LogP contribution < -0.4 is 5.32 Å². The van der Waals surface area contributed by atoms with Crippen molar-refractivity contribution < 1.29 is 9.59 Å². The number of rotatable bonds is 7. The van der Waals surface area contributed by atoms with E-state index < -0.39 is 0 Å². The Bertz CT molecular complexity index is 522. The third-order valence-corrected chi connectivity index (χ3v) is 4.49. The van der Waals surface area contributed by atoms with Crippen LogP contribution in [-0.4, -0.2) is 35.8 Å². The smallest absolute Gasteiger partial charge is 0.245 e. The Labute approximate surface area is 145 Å². The first-order valence-electron chi connectivity index (χ1n) is 9.18. The number of amides is 2. The van der Waals surface area contributed by atoms with Crippen molar-refractivity contribution in [2.75, 3.05) is 13.1 Å². The summed E-state index contributed by atoms with van der Waals surface area (Å²) in [6, 6.07) is 9.60. The monoisotopic (exact) mass is 330 g/mol. The van der Waals surface area contributed by atoms with E-state index in [1.165, 1.54) is 6.42 Å². The molecule has 1 aromatic carbocycles. The topological polar surface area (TPSA) is 49.4 Å². The van der Waals surface area contributed by atoms with Gasteiger partial charge in [0.25, 0.3) is 0 Å². The highest BCUT2D eigenvalue weighted by atomic mass is 16.2. The molecule has 24 heavy (non-hydrogen) atoms. The maximum atomic E-state index is 12.8. The first-order valence-corrected chi connectivity index (χ1v) is 9.18. The molecule has 2 amide bonds. The molecule has 4 heteroatoms. The molecule has 1 saturated heterocycles. The zero-order valence-corrected chi connectivity index (χ0v) is 15.0. The van der Waals surface area contributed by atoms with Crippen LogP contribution in [0.3, 0.4) is 0 Å². The van der Waals surface area contributed by atoms with Crippen LogP contribution in [0.2, 0.25) is 0 Å². The quantitative estimate of drug-likeness (QED) is 0.835. The Morgan fingerprint density at radius 2 is 1.75 bits per heavy atom. The Balaban J connectivity index is 1.89. The van der Waals surface area contributed by atoms with E-state index in [0.29, 0.717) is 25.2 Å². The van der Waals surface area contributed by atoms with Crippen LogP contribution in [0.25, 0.3) is 0 Å². The van der Waals surface area contributed by atoms with Crippen LogP contribution in [-0.2, 0) is 16.0 Å². The van der Waals surface area contributed by atoms with E-state index in [4.69, 9.17) is 0 Å². The number of hydrogen-bond donors (Lipinski definition) is 1. The molecule has 0 bridgehead atoms. The van der Waals surface area contributed by atoms with E-state index in [2.05, 4.69) is 19.2 Å². The minimum atomic E-state index is -0.383. The van der Waals surface area contributed by atoms with E-state index in [-0.39, 0.29) is 17.9 Å². The van der Waals surface area contributed by atoms with E-state index in [1.807, 2.05) is 35.2 Å². The summed E-state index contributed by atoms with van der Waals surface area (Å²) in [4.78, 5) is 27.0. The van der Waals surface area contributed by atoms with Gasteiger partial charge in [-0.15, -0.1) is 0 Å². The highest BCUT2D eigenvalue weighted by molar-refractivity contribution is 5.87. The van der Waals surface area contributed by atoms with E-state index in [9.17, 15) is 9.59 Å². The number of carbonyl (C=O) groups is 2. The zero-order chi connectivity index (χ0) is 17.4. The molecule has 0 unspecified atom stereocenters. The van der Waals surface area contributed by atoms with Crippen LogP contribution >= 0.6 is 0 Å². The molecule has 0 saturated carbocycles. The van der Waals surface area contributed by atoms with E-state index in [1.54, 1.807) is 0 Å². The number of nitrogens with one attached hydrogen (secondary N) is 1. The maximum absolute atomic E-state index is 12.8. The van der Waals surface area contributed by atoms with Crippen molar-refractivity contribution in [1.82, 2.24) is 10.2 Å². The van der Waals surface area contributed by atoms with Gasteiger partial charge in [-0.25, -0.2) is 0 Å². The molecule has 0 aromatic heterocycles. The van der Waals surface area contributed by atoms with Gasteiger partial charge in [0, 0.05) is 19.5 Å². The lowest BCUT2D eigenvalue weighted by atomic mass is 10.0. The van der Waals surface area contributed by atoms with Gasteiger partial charge in [-0.05, 0) is 43.6 Å². The van der Waals surface area contributed by atoms with E-state index in [0.717, 1.165) is 31.5 Å². The minimum absolute atomic E-state index is 0.0325. The molecule has 1 aliphatic heterocycles. The highest BCUT2D eigenvalue weighted by Crippen LogP contribution is 2.14. The summed E-state index contributed by atoms with van der Waals surface area (Å²) in [7, 11) is 0. The fourth-order valence-corrected chi connectivity index (χ4v) is 3.20. The summed E-state index contributed by atoms with van der Waals surface area (Å²) in [6.45, 7) is 5.83. The number of carbonyl (C=O) groups excluding carboxylic acids is 2. The summed E-state index contributed by atoms with van der Waals surface area (Å²) in [5, 5.41) is 2.99. The minimum Gasteiger partial charge on any atom is -0.344 e. The molecule has 0 aliphatic carbocycles. The lowest BCUT2D eigenvalue weighted by Gasteiger charge is -2.31. The van der Waals surface area contributed by atoms with Crippen molar-refractivity contribution in [1.29, 1.82) is 0 Å². The van der Waals surface area contributed by atoms with Crippen LogP contribution in [0.15, 0.2) is 30.3 Å². The first-order chi connectivity index (χ1) is 11.6. The van der Waals surface area contributed by atoms with Crippen LogP contribution in [0.5, 0.6) is 0 Å².